The number of piperazine rings is 1. The number of nitrogens with one attached hydrogen (secondary N) is 2. The number of nitrogens with zero attached hydrogens (tertiary/aromatic N) is 3. The van der Waals surface area contributed by atoms with Gasteiger partial charge < -0.3 is 15.5 Å². The van der Waals surface area contributed by atoms with Gasteiger partial charge in [0.25, 0.3) is 0 Å². The lowest BCUT2D eigenvalue weighted by molar-refractivity contribution is -0.120. The van der Waals surface area contributed by atoms with E-state index in [-0.39, 0.29) is 5.91 Å². The molecular weight excluding hydrogens is 290 g/mol. The van der Waals surface area contributed by atoms with E-state index in [9.17, 15) is 4.79 Å². The normalized spacial score (nSPS) is 14.5. The summed E-state index contributed by atoms with van der Waals surface area (Å²) >= 11 is 0. The van der Waals surface area contributed by atoms with Crippen LogP contribution in [0, 0.1) is 0 Å². The number of aromatic nitrogens is 2. The molecule has 3 heterocycles. The SMILES string of the molecule is CCc1ccc(CNc2ccc(N3CCNC(=O)C3)cn2)cn1. The molecule has 1 aliphatic heterocycles. The molecule has 2 aromatic rings. The molecule has 0 unspecified atom stereocenters. The molecule has 0 radical (unpaired) electrons. The van der Waals surface area contributed by atoms with E-state index in [1.807, 2.05) is 23.2 Å². The zero-order valence-electron chi connectivity index (χ0n) is 13.2. The Kier molecular flexibility index (Phi) is 4.71. The highest BCUT2D eigenvalue weighted by molar-refractivity contribution is 5.82. The molecule has 0 spiro atoms. The first-order valence-corrected chi connectivity index (χ1v) is 7.90. The predicted octanol–water partition coefficient (Wildman–Crippen LogP) is 1.59. The zero-order valence-corrected chi connectivity index (χ0v) is 13.2. The number of hydrogen-bond acceptors (Lipinski definition) is 5. The minimum Gasteiger partial charge on any atom is -0.366 e. The molecule has 23 heavy (non-hydrogen) atoms. The van der Waals surface area contributed by atoms with Crippen molar-refractivity contribution in [2.75, 3.05) is 29.9 Å². The molecule has 6 nitrogen and oxygen atoms in total. The Morgan fingerprint density at radius 3 is 2.78 bits per heavy atom. The standard InChI is InChI=1S/C17H21N5O/c1-2-14-4-3-13(9-19-14)10-20-16-6-5-15(11-21-16)22-8-7-18-17(23)12-22/h3-6,9,11H,2,7-8,10,12H2,1H3,(H,18,23)(H,20,21). The molecule has 2 aromatic heterocycles. The van der Waals surface area contributed by atoms with Gasteiger partial charge in [-0.3, -0.25) is 9.78 Å². The predicted molar refractivity (Wildman–Crippen MR) is 90.4 cm³/mol. The molecule has 2 N–H and O–H groups in total. The first-order chi connectivity index (χ1) is 11.2. The van der Waals surface area contributed by atoms with E-state index in [4.69, 9.17) is 0 Å². The number of aryl methyl sites for hydroxylation is 1. The van der Waals surface area contributed by atoms with Gasteiger partial charge in [0.2, 0.25) is 5.91 Å². The number of rotatable bonds is 5. The summed E-state index contributed by atoms with van der Waals surface area (Å²) in [5, 5.41) is 6.11. The number of anilines is 2. The molecule has 0 aliphatic carbocycles. The Hall–Kier alpha value is -2.63. The summed E-state index contributed by atoms with van der Waals surface area (Å²) in [6.45, 7) is 4.67. The summed E-state index contributed by atoms with van der Waals surface area (Å²) in [6, 6.07) is 8.07. The van der Waals surface area contributed by atoms with E-state index in [2.05, 4.69) is 39.7 Å². The topological polar surface area (TPSA) is 70.2 Å². The van der Waals surface area contributed by atoms with Crippen molar-refractivity contribution in [3.63, 3.8) is 0 Å². The highest BCUT2D eigenvalue weighted by Gasteiger charge is 2.16. The molecule has 1 saturated heterocycles. The van der Waals surface area contributed by atoms with E-state index in [0.29, 0.717) is 19.6 Å². The Morgan fingerprint density at radius 2 is 2.13 bits per heavy atom. The van der Waals surface area contributed by atoms with Crippen LogP contribution in [0.4, 0.5) is 11.5 Å². The van der Waals surface area contributed by atoms with Gasteiger partial charge in [0, 0.05) is 31.5 Å². The van der Waals surface area contributed by atoms with Crippen LogP contribution in [0.3, 0.4) is 0 Å². The Morgan fingerprint density at radius 1 is 1.22 bits per heavy atom. The van der Waals surface area contributed by atoms with Gasteiger partial charge in [-0.25, -0.2) is 4.98 Å². The highest BCUT2D eigenvalue weighted by Crippen LogP contribution is 2.16. The molecule has 6 heteroatoms. The maximum Gasteiger partial charge on any atom is 0.239 e. The van der Waals surface area contributed by atoms with Crippen molar-refractivity contribution in [2.24, 2.45) is 0 Å². The van der Waals surface area contributed by atoms with Gasteiger partial charge in [-0.05, 0) is 30.2 Å². The summed E-state index contributed by atoms with van der Waals surface area (Å²) in [6.07, 6.45) is 4.65. The number of carbonyl (C=O) groups excluding carboxylic acids is 1. The second-order valence-corrected chi connectivity index (χ2v) is 5.54. The lowest BCUT2D eigenvalue weighted by atomic mass is 10.2. The van der Waals surface area contributed by atoms with Crippen molar-refractivity contribution in [1.29, 1.82) is 0 Å². The monoisotopic (exact) mass is 311 g/mol. The Labute approximate surface area is 135 Å². The second-order valence-electron chi connectivity index (χ2n) is 5.54. The highest BCUT2D eigenvalue weighted by atomic mass is 16.2. The van der Waals surface area contributed by atoms with E-state index in [0.717, 1.165) is 35.7 Å². The van der Waals surface area contributed by atoms with E-state index in [1.54, 1.807) is 6.20 Å². The van der Waals surface area contributed by atoms with Gasteiger partial charge in [-0.1, -0.05) is 13.0 Å². The van der Waals surface area contributed by atoms with Crippen LogP contribution >= 0.6 is 0 Å². The molecular formula is C17H21N5O. The number of carbonyl (C=O) groups is 1. The summed E-state index contributed by atoms with van der Waals surface area (Å²) < 4.78 is 0. The van der Waals surface area contributed by atoms with Crippen LogP contribution in [0.5, 0.6) is 0 Å². The molecule has 0 saturated carbocycles. The number of amides is 1. The van der Waals surface area contributed by atoms with Crippen molar-refractivity contribution in [1.82, 2.24) is 15.3 Å². The first kappa shape index (κ1) is 15.3. The smallest absolute Gasteiger partial charge is 0.239 e. The lowest BCUT2D eigenvalue weighted by Crippen LogP contribution is -2.47. The minimum absolute atomic E-state index is 0.0569. The maximum absolute atomic E-state index is 11.4. The molecule has 0 aromatic carbocycles. The summed E-state index contributed by atoms with van der Waals surface area (Å²) in [5.74, 6) is 0.872. The van der Waals surface area contributed by atoms with Crippen LogP contribution in [0.15, 0.2) is 36.7 Å². The average molecular weight is 311 g/mol. The van der Waals surface area contributed by atoms with Crippen LogP contribution in [0.25, 0.3) is 0 Å². The van der Waals surface area contributed by atoms with Gasteiger partial charge in [0.15, 0.2) is 0 Å². The summed E-state index contributed by atoms with van der Waals surface area (Å²) in [7, 11) is 0. The van der Waals surface area contributed by atoms with Crippen molar-refractivity contribution in [3.8, 4) is 0 Å². The van der Waals surface area contributed by atoms with Gasteiger partial charge in [0.1, 0.15) is 5.82 Å². The summed E-state index contributed by atoms with van der Waals surface area (Å²) in [5.41, 5.74) is 3.20. The van der Waals surface area contributed by atoms with Crippen LogP contribution in [-0.2, 0) is 17.8 Å². The van der Waals surface area contributed by atoms with Gasteiger partial charge in [-0.15, -0.1) is 0 Å². The molecule has 1 aliphatic rings. The quantitative estimate of drug-likeness (QED) is 0.877. The van der Waals surface area contributed by atoms with E-state index >= 15 is 0 Å². The summed E-state index contributed by atoms with van der Waals surface area (Å²) in [4.78, 5) is 22.3. The fourth-order valence-corrected chi connectivity index (χ4v) is 2.50. The van der Waals surface area contributed by atoms with Crippen molar-refractivity contribution < 1.29 is 4.79 Å². The molecule has 1 amide bonds. The molecule has 1 fully saturated rings. The molecule has 120 valence electrons. The molecule has 3 rings (SSSR count). The zero-order chi connectivity index (χ0) is 16.1. The second kappa shape index (κ2) is 7.09. The van der Waals surface area contributed by atoms with Gasteiger partial charge in [0.05, 0.1) is 18.4 Å². The van der Waals surface area contributed by atoms with Crippen molar-refractivity contribution in [2.45, 2.75) is 19.9 Å². The van der Waals surface area contributed by atoms with Crippen LogP contribution in [-0.4, -0.2) is 35.5 Å². The van der Waals surface area contributed by atoms with Crippen molar-refractivity contribution >= 4 is 17.4 Å². The number of pyridine rings is 2. The number of hydrogen-bond donors (Lipinski definition) is 2. The first-order valence-electron chi connectivity index (χ1n) is 7.90. The minimum atomic E-state index is 0.0569. The van der Waals surface area contributed by atoms with Crippen LogP contribution in [0.2, 0.25) is 0 Å². The molecule has 0 bridgehead atoms. The lowest BCUT2D eigenvalue weighted by Gasteiger charge is -2.28. The van der Waals surface area contributed by atoms with Crippen molar-refractivity contribution in [3.05, 3.63) is 47.9 Å². The van der Waals surface area contributed by atoms with E-state index < -0.39 is 0 Å². The third-order valence-electron chi connectivity index (χ3n) is 3.87. The fourth-order valence-electron chi connectivity index (χ4n) is 2.50. The third kappa shape index (κ3) is 3.97. The molecule has 0 atom stereocenters. The van der Waals surface area contributed by atoms with Gasteiger partial charge >= 0.3 is 0 Å². The Balaban J connectivity index is 1.57. The van der Waals surface area contributed by atoms with E-state index in [1.165, 1.54) is 0 Å². The fraction of sp³-hybridized carbons (Fsp3) is 0.353. The van der Waals surface area contributed by atoms with Crippen LogP contribution in [0.1, 0.15) is 18.2 Å². The Bertz CT molecular complexity index is 654. The van der Waals surface area contributed by atoms with Crippen LogP contribution < -0.4 is 15.5 Å². The maximum atomic E-state index is 11.4. The largest absolute Gasteiger partial charge is 0.366 e. The average Bonchev–Trinajstić information content (AvgIpc) is 2.61. The third-order valence-corrected chi connectivity index (χ3v) is 3.87. The van der Waals surface area contributed by atoms with Gasteiger partial charge in [-0.2, -0.15) is 0 Å².